The molecule has 1 heterocycles. The molecule has 14 heavy (non-hydrogen) atoms. The number of nitrogens with zero attached hydrogens (tertiary/aromatic N) is 1. The largest absolute Gasteiger partial charge is 0.258 e. The van der Waals surface area contributed by atoms with E-state index < -0.39 is 10.0 Å². The average molecular weight is 232 g/mol. The zero-order valence-electron chi connectivity index (χ0n) is 7.80. The summed E-state index contributed by atoms with van der Waals surface area (Å²) < 4.78 is 25.5. The first kappa shape index (κ1) is 11.5. The average Bonchev–Trinajstić information content (AvgIpc) is 2.19. The minimum Gasteiger partial charge on any atom is -0.243 e. The van der Waals surface area contributed by atoms with E-state index in [1.165, 1.54) is 12.3 Å². The molecule has 0 aromatic carbocycles. The first-order valence-electron chi connectivity index (χ1n) is 4.06. The molecule has 0 atom stereocenters. The minimum atomic E-state index is -3.41. The lowest BCUT2D eigenvalue weighted by Gasteiger charge is -2.03. The summed E-state index contributed by atoms with van der Waals surface area (Å²) in [5, 5.41) is 0.0705. The normalized spacial score (nSPS) is 11.5. The lowest BCUT2D eigenvalue weighted by Crippen LogP contribution is -2.26. The maximum atomic E-state index is 11.5. The second-order valence-electron chi connectivity index (χ2n) is 2.56. The highest BCUT2D eigenvalue weighted by molar-refractivity contribution is 7.98. The van der Waals surface area contributed by atoms with Crippen LogP contribution in [-0.4, -0.2) is 32.0 Å². The van der Waals surface area contributed by atoms with Gasteiger partial charge in [-0.1, -0.05) is 6.07 Å². The number of aromatic nitrogens is 1. The van der Waals surface area contributed by atoms with E-state index in [1.807, 2.05) is 6.26 Å². The Morgan fingerprint density at radius 1 is 1.50 bits per heavy atom. The van der Waals surface area contributed by atoms with Gasteiger partial charge in [0.15, 0.2) is 5.03 Å². The summed E-state index contributed by atoms with van der Waals surface area (Å²) >= 11 is 1.59. The number of nitrogens with one attached hydrogen (secondary N) is 1. The fraction of sp³-hybridized carbons (Fsp3) is 0.375. The Morgan fingerprint density at radius 3 is 2.86 bits per heavy atom. The SMILES string of the molecule is CSCCNS(=O)(=O)c1ccccn1. The molecule has 0 bridgehead atoms. The second kappa shape index (κ2) is 5.33. The van der Waals surface area contributed by atoms with Crippen molar-refractivity contribution in [2.45, 2.75) is 5.03 Å². The molecule has 1 N–H and O–H groups in total. The van der Waals surface area contributed by atoms with Crippen LogP contribution < -0.4 is 4.72 Å². The van der Waals surface area contributed by atoms with Gasteiger partial charge < -0.3 is 0 Å². The van der Waals surface area contributed by atoms with E-state index in [2.05, 4.69) is 9.71 Å². The van der Waals surface area contributed by atoms with Gasteiger partial charge in [0.2, 0.25) is 0 Å². The lowest BCUT2D eigenvalue weighted by atomic mass is 10.5. The first-order valence-corrected chi connectivity index (χ1v) is 6.94. The number of sulfonamides is 1. The smallest absolute Gasteiger partial charge is 0.243 e. The third-order valence-electron chi connectivity index (χ3n) is 1.51. The van der Waals surface area contributed by atoms with Crippen molar-refractivity contribution < 1.29 is 8.42 Å². The van der Waals surface area contributed by atoms with Crippen molar-refractivity contribution in [2.24, 2.45) is 0 Å². The standard InChI is InChI=1S/C8H12N2O2S2/c1-13-7-6-10-14(11,12)8-4-2-3-5-9-8/h2-5,10H,6-7H2,1H3. The Kier molecular flexibility index (Phi) is 4.37. The predicted octanol–water partition coefficient (Wildman–Crippen LogP) is 0.723. The van der Waals surface area contributed by atoms with E-state index in [0.717, 1.165) is 5.75 Å². The lowest BCUT2D eigenvalue weighted by molar-refractivity contribution is 0.580. The Balaban J connectivity index is 2.67. The van der Waals surface area contributed by atoms with Gasteiger partial charge in [0, 0.05) is 18.5 Å². The Morgan fingerprint density at radius 2 is 2.29 bits per heavy atom. The maximum Gasteiger partial charge on any atom is 0.258 e. The van der Waals surface area contributed by atoms with E-state index in [0.29, 0.717) is 6.54 Å². The van der Waals surface area contributed by atoms with Crippen molar-refractivity contribution in [1.82, 2.24) is 9.71 Å². The minimum absolute atomic E-state index is 0.0705. The van der Waals surface area contributed by atoms with Gasteiger partial charge in [-0.15, -0.1) is 0 Å². The van der Waals surface area contributed by atoms with E-state index in [4.69, 9.17) is 0 Å². The van der Waals surface area contributed by atoms with Crippen LogP contribution in [0.5, 0.6) is 0 Å². The molecule has 0 aliphatic rings. The van der Waals surface area contributed by atoms with E-state index >= 15 is 0 Å². The van der Waals surface area contributed by atoms with Crippen LogP contribution >= 0.6 is 11.8 Å². The van der Waals surface area contributed by atoms with Crippen molar-refractivity contribution in [3.05, 3.63) is 24.4 Å². The molecule has 0 spiro atoms. The van der Waals surface area contributed by atoms with E-state index in [-0.39, 0.29) is 5.03 Å². The van der Waals surface area contributed by atoms with Crippen LogP contribution in [0.3, 0.4) is 0 Å². The molecule has 0 fully saturated rings. The van der Waals surface area contributed by atoms with Crippen LogP contribution in [0.15, 0.2) is 29.4 Å². The summed E-state index contributed by atoms with van der Waals surface area (Å²) in [7, 11) is -3.41. The van der Waals surface area contributed by atoms with Gasteiger partial charge in [-0.05, 0) is 18.4 Å². The van der Waals surface area contributed by atoms with Crippen molar-refractivity contribution in [3.63, 3.8) is 0 Å². The number of hydrogen-bond donors (Lipinski definition) is 1. The van der Waals surface area contributed by atoms with Gasteiger partial charge in [0.05, 0.1) is 0 Å². The molecule has 0 saturated carbocycles. The summed E-state index contributed by atoms with van der Waals surface area (Å²) in [6.07, 6.45) is 3.39. The van der Waals surface area contributed by atoms with E-state index in [1.54, 1.807) is 23.9 Å². The number of rotatable bonds is 5. The highest BCUT2D eigenvalue weighted by atomic mass is 32.2. The molecular weight excluding hydrogens is 220 g/mol. The third kappa shape index (κ3) is 3.28. The molecule has 0 unspecified atom stereocenters. The van der Waals surface area contributed by atoms with Gasteiger partial charge in [-0.3, -0.25) is 0 Å². The highest BCUT2D eigenvalue weighted by Gasteiger charge is 2.13. The van der Waals surface area contributed by atoms with Gasteiger partial charge in [-0.2, -0.15) is 11.8 Å². The Hall–Kier alpha value is -0.590. The first-order chi connectivity index (χ1) is 6.67. The highest BCUT2D eigenvalue weighted by Crippen LogP contribution is 2.02. The van der Waals surface area contributed by atoms with Gasteiger partial charge >= 0.3 is 0 Å². The fourth-order valence-electron chi connectivity index (χ4n) is 0.858. The summed E-state index contributed by atoms with van der Waals surface area (Å²) in [6.45, 7) is 0.431. The molecule has 0 amide bonds. The number of hydrogen-bond acceptors (Lipinski definition) is 4. The number of pyridine rings is 1. The third-order valence-corrected chi connectivity index (χ3v) is 3.50. The quantitative estimate of drug-likeness (QED) is 0.760. The van der Waals surface area contributed by atoms with Crippen molar-refractivity contribution in [1.29, 1.82) is 0 Å². The molecular formula is C8H12N2O2S2. The van der Waals surface area contributed by atoms with Crippen molar-refractivity contribution in [2.75, 3.05) is 18.6 Å². The Labute approximate surface area is 88.2 Å². The topological polar surface area (TPSA) is 59.1 Å². The summed E-state index contributed by atoms with van der Waals surface area (Å²) in [5.74, 6) is 0.756. The van der Waals surface area contributed by atoms with Crippen LogP contribution in [0, 0.1) is 0 Å². The molecule has 1 rings (SSSR count). The molecule has 0 aliphatic carbocycles. The molecule has 0 saturated heterocycles. The Bertz CT molecular complexity index is 364. The van der Waals surface area contributed by atoms with Gasteiger partial charge in [0.25, 0.3) is 10.0 Å². The van der Waals surface area contributed by atoms with Gasteiger partial charge in [-0.25, -0.2) is 18.1 Å². The summed E-state index contributed by atoms with van der Waals surface area (Å²) in [6, 6.07) is 4.80. The van der Waals surface area contributed by atoms with Crippen molar-refractivity contribution in [3.8, 4) is 0 Å². The molecule has 0 radical (unpaired) electrons. The molecule has 78 valence electrons. The van der Waals surface area contributed by atoms with E-state index in [9.17, 15) is 8.42 Å². The number of thioether (sulfide) groups is 1. The van der Waals surface area contributed by atoms with Crippen LogP contribution in [0.25, 0.3) is 0 Å². The van der Waals surface area contributed by atoms with Crippen LogP contribution in [0.2, 0.25) is 0 Å². The van der Waals surface area contributed by atoms with Crippen LogP contribution in [0.4, 0.5) is 0 Å². The zero-order chi connectivity index (χ0) is 10.4. The molecule has 4 nitrogen and oxygen atoms in total. The maximum absolute atomic E-state index is 11.5. The molecule has 1 aromatic rings. The molecule has 0 aliphatic heterocycles. The zero-order valence-corrected chi connectivity index (χ0v) is 9.44. The van der Waals surface area contributed by atoms with Crippen LogP contribution in [0.1, 0.15) is 0 Å². The molecule has 6 heteroatoms. The summed E-state index contributed by atoms with van der Waals surface area (Å²) in [4.78, 5) is 3.77. The summed E-state index contributed by atoms with van der Waals surface area (Å²) in [5.41, 5.74) is 0. The van der Waals surface area contributed by atoms with Crippen molar-refractivity contribution >= 4 is 21.8 Å². The fourth-order valence-corrected chi connectivity index (χ4v) is 2.27. The van der Waals surface area contributed by atoms with Crippen LogP contribution in [-0.2, 0) is 10.0 Å². The monoisotopic (exact) mass is 232 g/mol. The van der Waals surface area contributed by atoms with Gasteiger partial charge in [0.1, 0.15) is 0 Å². The second-order valence-corrected chi connectivity index (χ2v) is 5.26. The predicted molar refractivity (Wildman–Crippen MR) is 57.8 cm³/mol. The molecule has 1 aromatic heterocycles.